The quantitative estimate of drug-likeness (QED) is 0.428. The lowest BCUT2D eigenvalue weighted by molar-refractivity contribution is -0.116. The summed E-state index contributed by atoms with van der Waals surface area (Å²) >= 11 is 3.45. The van der Waals surface area contributed by atoms with Crippen LogP contribution in [-0.2, 0) is 11.3 Å². The van der Waals surface area contributed by atoms with Crippen LogP contribution >= 0.6 is 15.9 Å². The lowest BCUT2D eigenvalue weighted by atomic mass is 10.1. The molecule has 0 aliphatic carbocycles. The number of nitrogens with one attached hydrogen (secondary N) is 1. The van der Waals surface area contributed by atoms with Gasteiger partial charge in [0.25, 0.3) is 11.4 Å². The Bertz CT molecular complexity index is 1360. The molecule has 32 heavy (non-hydrogen) atoms. The maximum atomic E-state index is 13.3. The maximum Gasteiger partial charge on any atom is 0.264 e. The topological polar surface area (TPSA) is 90.0 Å². The Morgan fingerprint density at radius 1 is 1.09 bits per heavy atom. The van der Waals surface area contributed by atoms with Crippen LogP contribution in [0.25, 0.3) is 22.8 Å². The van der Waals surface area contributed by atoms with Gasteiger partial charge in [-0.3, -0.25) is 9.59 Å². The van der Waals surface area contributed by atoms with Crippen molar-refractivity contribution in [3.8, 4) is 22.8 Å². The first-order chi connectivity index (χ1) is 15.3. The van der Waals surface area contributed by atoms with Crippen molar-refractivity contribution in [2.45, 2.75) is 27.3 Å². The summed E-state index contributed by atoms with van der Waals surface area (Å²) in [6.07, 6.45) is 0. The number of nitrogens with zero attached hydrogens (tertiary/aromatic N) is 3. The first-order valence-corrected chi connectivity index (χ1v) is 10.8. The predicted molar refractivity (Wildman–Crippen MR) is 126 cm³/mol. The minimum absolute atomic E-state index is 0.127. The molecule has 2 heterocycles. The summed E-state index contributed by atoms with van der Waals surface area (Å²) in [5.41, 5.74) is 3.79. The van der Waals surface area contributed by atoms with Gasteiger partial charge in [0, 0.05) is 15.7 Å². The second-order valence-electron chi connectivity index (χ2n) is 7.56. The summed E-state index contributed by atoms with van der Waals surface area (Å²) in [7, 11) is 0. The molecule has 4 aromatic rings. The first kappa shape index (κ1) is 21.7. The van der Waals surface area contributed by atoms with Gasteiger partial charge >= 0.3 is 0 Å². The summed E-state index contributed by atoms with van der Waals surface area (Å²) in [6.45, 7) is 5.42. The fraction of sp³-hybridized carbons (Fsp3) is 0.167. The van der Waals surface area contributed by atoms with E-state index in [9.17, 15) is 9.59 Å². The molecule has 0 fully saturated rings. The van der Waals surface area contributed by atoms with Gasteiger partial charge in [0.05, 0.1) is 5.69 Å². The molecule has 8 heteroatoms. The number of benzene rings is 2. The molecule has 1 N–H and O–H groups in total. The van der Waals surface area contributed by atoms with Gasteiger partial charge in [-0.05, 0) is 66.0 Å². The van der Waals surface area contributed by atoms with Crippen molar-refractivity contribution in [3.05, 3.63) is 86.2 Å². The van der Waals surface area contributed by atoms with E-state index in [4.69, 9.17) is 4.52 Å². The highest BCUT2D eigenvalue weighted by Crippen LogP contribution is 2.24. The molecule has 4 rings (SSSR count). The fourth-order valence-corrected chi connectivity index (χ4v) is 4.06. The molecule has 0 aliphatic rings. The molecule has 1 amide bonds. The van der Waals surface area contributed by atoms with Crippen LogP contribution in [0.15, 0.2) is 68.4 Å². The van der Waals surface area contributed by atoms with E-state index >= 15 is 0 Å². The third-order valence-electron chi connectivity index (χ3n) is 5.08. The van der Waals surface area contributed by atoms with Crippen LogP contribution in [0.1, 0.15) is 16.8 Å². The molecule has 0 saturated heterocycles. The maximum absolute atomic E-state index is 13.3. The number of hydrogen-bond acceptors (Lipinski definition) is 5. The number of rotatable bonds is 5. The van der Waals surface area contributed by atoms with Crippen molar-refractivity contribution in [1.82, 2.24) is 14.7 Å². The molecule has 0 bridgehead atoms. The molecule has 0 spiro atoms. The van der Waals surface area contributed by atoms with E-state index in [1.54, 1.807) is 6.92 Å². The van der Waals surface area contributed by atoms with Crippen LogP contribution in [0, 0.1) is 20.8 Å². The van der Waals surface area contributed by atoms with Crippen LogP contribution in [0.4, 0.5) is 5.69 Å². The van der Waals surface area contributed by atoms with Crippen molar-refractivity contribution < 1.29 is 9.32 Å². The number of carbonyl (C=O) groups is 1. The zero-order valence-electron chi connectivity index (χ0n) is 17.8. The van der Waals surface area contributed by atoms with Gasteiger partial charge in [0.2, 0.25) is 11.7 Å². The van der Waals surface area contributed by atoms with Crippen LogP contribution in [-0.4, -0.2) is 20.6 Å². The molecule has 0 aliphatic heterocycles. The number of halogens is 1. The monoisotopic (exact) mass is 492 g/mol. The molecule has 0 saturated carbocycles. The van der Waals surface area contributed by atoms with E-state index in [0.717, 1.165) is 15.6 Å². The third kappa shape index (κ3) is 4.40. The number of aromatic nitrogens is 3. The van der Waals surface area contributed by atoms with Crippen LogP contribution in [0.2, 0.25) is 0 Å². The molecule has 0 radical (unpaired) electrons. The van der Waals surface area contributed by atoms with E-state index in [2.05, 4.69) is 31.4 Å². The average molecular weight is 493 g/mol. The van der Waals surface area contributed by atoms with Gasteiger partial charge in [-0.15, -0.1) is 0 Å². The predicted octanol–water partition coefficient (Wildman–Crippen LogP) is 4.89. The molecule has 2 aromatic carbocycles. The molecular formula is C24H21BrN4O3. The van der Waals surface area contributed by atoms with Crippen molar-refractivity contribution in [2.75, 3.05) is 5.32 Å². The highest BCUT2D eigenvalue weighted by Gasteiger charge is 2.20. The highest BCUT2D eigenvalue weighted by atomic mass is 79.9. The minimum Gasteiger partial charge on any atom is -0.333 e. The minimum atomic E-state index is -0.358. The lowest BCUT2D eigenvalue weighted by Gasteiger charge is -2.14. The summed E-state index contributed by atoms with van der Waals surface area (Å²) in [6, 6.07) is 16.8. The van der Waals surface area contributed by atoms with Crippen molar-refractivity contribution in [2.24, 2.45) is 0 Å². The van der Waals surface area contributed by atoms with E-state index in [1.807, 2.05) is 68.4 Å². The summed E-state index contributed by atoms with van der Waals surface area (Å²) < 4.78 is 7.59. The van der Waals surface area contributed by atoms with Gasteiger partial charge in [0.1, 0.15) is 12.1 Å². The number of hydrogen-bond donors (Lipinski definition) is 1. The summed E-state index contributed by atoms with van der Waals surface area (Å²) in [4.78, 5) is 30.4. The number of anilines is 1. The zero-order chi connectivity index (χ0) is 22.8. The van der Waals surface area contributed by atoms with Crippen molar-refractivity contribution >= 4 is 27.5 Å². The second kappa shape index (κ2) is 8.92. The lowest BCUT2D eigenvalue weighted by Crippen LogP contribution is -2.30. The summed E-state index contributed by atoms with van der Waals surface area (Å²) in [5, 5.41) is 6.85. The van der Waals surface area contributed by atoms with Gasteiger partial charge < -0.3 is 14.4 Å². The number of aryl methyl sites for hydroxylation is 3. The van der Waals surface area contributed by atoms with E-state index in [1.165, 1.54) is 4.57 Å². The normalized spacial score (nSPS) is 10.9. The fourth-order valence-electron chi connectivity index (χ4n) is 3.47. The van der Waals surface area contributed by atoms with E-state index in [-0.39, 0.29) is 29.5 Å². The molecule has 162 valence electrons. The SMILES string of the molecule is Cc1ccc(NC(=O)Cn2c(C)cc(C)c(-c3nc(-c4ccccc4)no3)c2=O)c(Br)c1. The molecular weight excluding hydrogens is 472 g/mol. The van der Waals surface area contributed by atoms with Gasteiger partial charge in [-0.25, -0.2) is 0 Å². The number of pyridine rings is 1. The smallest absolute Gasteiger partial charge is 0.264 e. The summed E-state index contributed by atoms with van der Waals surface area (Å²) in [5.74, 6) is 0.209. The van der Waals surface area contributed by atoms with Crippen molar-refractivity contribution in [3.63, 3.8) is 0 Å². The van der Waals surface area contributed by atoms with Gasteiger partial charge in [-0.1, -0.05) is 41.6 Å². The first-order valence-electron chi connectivity index (χ1n) is 10.00. The second-order valence-corrected chi connectivity index (χ2v) is 8.41. The average Bonchev–Trinajstić information content (AvgIpc) is 3.23. The van der Waals surface area contributed by atoms with Gasteiger partial charge in [0.15, 0.2) is 0 Å². The number of amides is 1. The Balaban J connectivity index is 1.65. The molecule has 7 nitrogen and oxygen atoms in total. The van der Waals surface area contributed by atoms with Crippen molar-refractivity contribution in [1.29, 1.82) is 0 Å². The Kier molecular flexibility index (Phi) is 6.05. The Morgan fingerprint density at radius 2 is 1.84 bits per heavy atom. The van der Waals surface area contributed by atoms with E-state index < -0.39 is 0 Å². The van der Waals surface area contributed by atoms with Crippen LogP contribution in [0.5, 0.6) is 0 Å². The Labute approximate surface area is 193 Å². The van der Waals surface area contributed by atoms with E-state index in [0.29, 0.717) is 22.8 Å². The molecule has 0 atom stereocenters. The standard InChI is InChI=1S/C24H21BrN4O3/c1-14-9-10-19(18(25)11-14)26-20(30)13-29-16(3)12-15(2)21(24(29)31)23-27-22(28-32-23)17-7-5-4-6-8-17/h4-12H,13H2,1-3H3,(H,26,30). The van der Waals surface area contributed by atoms with Gasteiger partial charge in [-0.2, -0.15) is 4.98 Å². The van der Waals surface area contributed by atoms with Crippen LogP contribution in [0.3, 0.4) is 0 Å². The largest absolute Gasteiger partial charge is 0.333 e. The third-order valence-corrected chi connectivity index (χ3v) is 5.73. The molecule has 2 aromatic heterocycles. The Hall–Kier alpha value is -3.52. The number of carbonyl (C=O) groups excluding carboxylic acids is 1. The van der Waals surface area contributed by atoms with Crippen LogP contribution < -0.4 is 10.9 Å². The zero-order valence-corrected chi connectivity index (χ0v) is 19.4. The molecule has 0 unspecified atom stereocenters. The highest BCUT2D eigenvalue weighted by molar-refractivity contribution is 9.10. The Morgan fingerprint density at radius 3 is 2.56 bits per heavy atom.